The van der Waals surface area contributed by atoms with Gasteiger partial charge in [0.05, 0.1) is 10.9 Å². The van der Waals surface area contributed by atoms with Crippen molar-refractivity contribution in [3.05, 3.63) is 68.7 Å². The highest BCUT2D eigenvalue weighted by molar-refractivity contribution is 7.71. The van der Waals surface area contributed by atoms with E-state index in [0.29, 0.717) is 33.5 Å². The number of fused-ring (bicyclic) bond motifs is 1. The topological polar surface area (TPSA) is 99.2 Å². The lowest BCUT2D eigenvalue weighted by Crippen LogP contribution is -2.32. The van der Waals surface area contributed by atoms with Gasteiger partial charge >= 0.3 is 6.03 Å². The molecule has 3 amide bonds. The fourth-order valence-corrected chi connectivity index (χ4v) is 3.81. The van der Waals surface area contributed by atoms with Crippen molar-refractivity contribution in [2.45, 2.75) is 19.4 Å². The van der Waals surface area contributed by atoms with E-state index in [9.17, 15) is 14.4 Å². The van der Waals surface area contributed by atoms with Gasteiger partial charge in [0, 0.05) is 37.9 Å². The first-order chi connectivity index (χ1) is 14.9. The van der Waals surface area contributed by atoms with Crippen LogP contribution in [0.5, 0.6) is 0 Å². The van der Waals surface area contributed by atoms with Crippen molar-refractivity contribution < 1.29 is 9.59 Å². The third-order valence-electron chi connectivity index (χ3n) is 5.39. The van der Waals surface area contributed by atoms with Crippen molar-refractivity contribution in [1.29, 1.82) is 0 Å². The molecule has 0 aliphatic carbocycles. The number of carbonyl (C=O) groups excluding carboxylic acids is 2. The molecule has 1 saturated heterocycles. The van der Waals surface area contributed by atoms with E-state index in [2.05, 4.69) is 15.6 Å². The van der Waals surface area contributed by atoms with E-state index in [-0.39, 0.29) is 17.5 Å². The minimum Gasteiger partial charge on any atom is -0.348 e. The van der Waals surface area contributed by atoms with Crippen LogP contribution in [0.25, 0.3) is 10.9 Å². The smallest absolute Gasteiger partial charge is 0.321 e. The summed E-state index contributed by atoms with van der Waals surface area (Å²) in [4.78, 5) is 41.9. The lowest BCUT2D eigenvalue weighted by Gasteiger charge is -2.16. The monoisotopic (exact) mass is 437 g/mol. The van der Waals surface area contributed by atoms with E-state index in [1.807, 2.05) is 24.3 Å². The molecule has 0 bridgehead atoms. The number of nitrogens with zero attached hydrogens (tertiary/aromatic N) is 2. The lowest BCUT2D eigenvalue weighted by atomic mass is 10.1. The van der Waals surface area contributed by atoms with Crippen LogP contribution in [0.2, 0.25) is 0 Å². The van der Waals surface area contributed by atoms with Crippen LogP contribution in [0, 0.1) is 4.77 Å². The predicted molar refractivity (Wildman–Crippen MR) is 122 cm³/mol. The summed E-state index contributed by atoms with van der Waals surface area (Å²) in [6, 6.07) is 12.1. The van der Waals surface area contributed by atoms with Crippen LogP contribution in [-0.4, -0.2) is 39.5 Å². The number of nitrogens with one attached hydrogen (secondary N) is 3. The highest BCUT2D eigenvalue weighted by Crippen LogP contribution is 2.15. The lowest BCUT2D eigenvalue weighted by molar-refractivity contribution is 0.0951. The first-order valence-electron chi connectivity index (χ1n) is 10.1. The molecule has 3 aromatic rings. The van der Waals surface area contributed by atoms with E-state index < -0.39 is 0 Å². The summed E-state index contributed by atoms with van der Waals surface area (Å²) in [6.45, 7) is 1.87. The Balaban J connectivity index is 1.44. The Kier molecular flexibility index (Phi) is 5.85. The zero-order valence-corrected chi connectivity index (χ0v) is 17.9. The largest absolute Gasteiger partial charge is 0.348 e. The molecule has 1 fully saturated rings. The number of amides is 3. The van der Waals surface area contributed by atoms with E-state index in [4.69, 9.17) is 12.2 Å². The normalized spacial score (nSPS) is 13.4. The summed E-state index contributed by atoms with van der Waals surface area (Å²) < 4.78 is 1.65. The van der Waals surface area contributed by atoms with Crippen molar-refractivity contribution in [3.63, 3.8) is 0 Å². The summed E-state index contributed by atoms with van der Waals surface area (Å²) in [5.74, 6) is -0.270. The fourth-order valence-electron chi connectivity index (χ4n) is 3.61. The molecule has 8 nitrogen and oxygen atoms in total. The number of carbonyl (C=O) groups is 2. The number of aromatic nitrogens is 2. The molecule has 1 aromatic heterocycles. The number of rotatable bonds is 4. The Hall–Kier alpha value is -3.46. The number of H-pyrrole nitrogens is 1. The second-order valence-electron chi connectivity index (χ2n) is 7.56. The van der Waals surface area contributed by atoms with Gasteiger partial charge in [-0.25, -0.2) is 4.79 Å². The number of benzene rings is 2. The second-order valence-corrected chi connectivity index (χ2v) is 7.95. The summed E-state index contributed by atoms with van der Waals surface area (Å²) >= 11 is 5.14. The van der Waals surface area contributed by atoms with E-state index in [1.165, 1.54) is 4.57 Å². The number of urea groups is 1. The average molecular weight is 438 g/mol. The minimum absolute atomic E-state index is 0.0987. The van der Waals surface area contributed by atoms with Crippen LogP contribution in [0.15, 0.2) is 47.3 Å². The molecule has 2 aromatic carbocycles. The van der Waals surface area contributed by atoms with Gasteiger partial charge in [0.15, 0.2) is 4.77 Å². The molecule has 0 unspecified atom stereocenters. The van der Waals surface area contributed by atoms with Crippen LogP contribution in [0.1, 0.15) is 28.8 Å². The van der Waals surface area contributed by atoms with E-state index >= 15 is 0 Å². The van der Waals surface area contributed by atoms with Gasteiger partial charge in [-0.1, -0.05) is 12.1 Å². The van der Waals surface area contributed by atoms with Crippen LogP contribution >= 0.6 is 12.2 Å². The molecular formula is C22H23N5O3S. The van der Waals surface area contributed by atoms with Gasteiger partial charge < -0.3 is 20.5 Å². The molecule has 0 radical (unpaired) electrons. The molecule has 4 rings (SSSR count). The molecular weight excluding hydrogens is 414 g/mol. The van der Waals surface area contributed by atoms with Crippen LogP contribution in [0.3, 0.4) is 0 Å². The van der Waals surface area contributed by atoms with Crippen LogP contribution in [-0.2, 0) is 13.6 Å². The number of aromatic amines is 1. The number of hydrogen-bond donors (Lipinski definition) is 3. The van der Waals surface area contributed by atoms with Gasteiger partial charge in [0.2, 0.25) is 0 Å². The van der Waals surface area contributed by atoms with Crippen molar-refractivity contribution >= 4 is 40.7 Å². The third kappa shape index (κ3) is 4.51. The van der Waals surface area contributed by atoms with Crippen LogP contribution in [0.4, 0.5) is 10.5 Å². The quantitative estimate of drug-likeness (QED) is 0.546. The second kappa shape index (κ2) is 8.73. The van der Waals surface area contributed by atoms with Crippen molar-refractivity contribution in [2.24, 2.45) is 7.05 Å². The Morgan fingerprint density at radius 2 is 1.90 bits per heavy atom. The molecule has 3 N–H and O–H groups in total. The van der Waals surface area contributed by atoms with Gasteiger partial charge in [-0.05, 0) is 61.0 Å². The van der Waals surface area contributed by atoms with Crippen molar-refractivity contribution in [1.82, 2.24) is 19.8 Å². The summed E-state index contributed by atoms with van der Waals surface area (Å²) in [7, 11) is 1.60. The fraction of sp³-hybridized carbons (Fsp3) is 0.273. The molecule has 0 saturated carbocycles. The van der Waals surface area contributed by atoms with Crippen LogP contribution < -0.4 is 16.2 Å². The van der Waals surface area contributed by atoms with Gasteiger partial charge in [-0.2, -0.15) is 0 Å². The molecule has 31 heavy (non-hydrogen) atoms. The Morgan fingerprint density at radius 1 is 1.13 bits per heavy atom. The van der Waals surface area contributed by atoms with Crippen molar-refractivity contribution in [3.8, 4) is 0 Å². The summed E-state index contributed by atoms with van der Waals surface area (Å²) in [5.41, 5.74) is 2.29. The Bertz CT molecular complexity index is 1270. The molecule has 0 atom stereocenters. The highest BCUT2D eigenvalue weighted by Gasteiger charge is 2.17. The van der Waals surface area contributed by atoms with Gasteiger partial charge in [0.25, 0.3) is 11.5 Å². The summed E-state index contributed by atoms with van der Waals surface area (Å²) in [5, 5.41) is 6.25. The first-order valence-corrected chi connectivity index (χ1v) is 10.5. The molecule has 0 spiro atoms. The summed E-state index contributed by atoms with van der Waals surface area (Å²) in [6.07, 6.45) is 2.07. The maximum absolute atomic E-state index is 12.6. The maximum atomic E-state index is 12.6. The first kappa shape index (κ1) is 20.8. The zero-order valence-electron chi connectivity index (χ0n) is 17.1. The highest BCUT2D eigenvalue weighted by atomic mass is 32.1. The molecule has 1 aliphatic rings. The third-order valence-corrected chi connectivity index (χ3v) is 5.76. The van der Waals surface area contributed by atoms with Gasteiger partial charge in [-0.3, -0.25) is 14.2 Å². The number of anilines is 1. The zero-order chi connectivity index (χ0) is 22.0. The van der Waals surface area contributed by atoms with Crippen molar-refractivity contribution in [2.75, 3.05) is 18.4 Å². The molecule has 160 valence electrons. The Labute approximate surface area is 183 Å². The minimum atomic E-state index is -0.270. The van der Waals surface area contributed by atoms with Gasteiger partial charge in [-0.15, -0.1) is 0 Å². The number of hydrogen-bond acceptors (Lipinski definition) is 4. The molecule has 1 aliphatic heterocycles. The predicted octanol–water partition coefficient (Wildman–Crippen LogP) is 3.15. The average Bonchev–Trinajstić information content (AvgIpc) is 3.31. The molecule has 9 heteroatoms. The molecule has 2 heterocycles. The number of likely N-dealkylation sites (tertiary alicyclic amines) is 1. The van der Waals surface area contributed by atoms with Gasteiger partial charge in [0.1, 0.15) is 0 Å². The Morgan fingerprint density at radius 3 is 2.68 bits per heavy atom. The SMILES string of the molecule is Cn1c(=S)[nH]c2cc(C(=O)NCc3cccc(NC(=O)N4CCCC4)c3)ccc2c1=O. The van der Waals surface area contributed by atoms with E-state index in [1.54, 1.807) is 30.1 Å². The standard InChI is InChI=1S/C22H23N5O3S/c1-26-20(29)17-8-7-15(12-18(17)25-22(26)31)19(28)23-13-14-5-4-6-16(11-14)24-21(30)27-9-2-3-10-27/h4-8,11-12H,2-3,9-10,13H2,1H3,(H,23,28)(H,24,30)(H,25,31). The van der Waals surface area contributed by atoms with E-state index in [0.717, 1.165) is 31.5 Å². The maximum Gasteiger partial charge on any atom is 0.321 e.